The highest BCUT2D eigenvalue weighted by atomic mass is 32.2. The fourth-order valence-corrected chi connectivity index (χ4v) is 10.2. The Kier molecular flexibility index (Phi) is 9.75. The Morgan fingerprint density at radius 1 is 1.11 bits per heavy atom. The zero-order chi connectivity index (χ0) is 31.6. The number of nitrogens with zero attached hydrogens (tertiary/aromatic N) is 3. The smallest absolute Gasteiger partial charge is 0.310 e. The molecule has 0 aromatic heterocycles. The second-order valence-electron chi connectivity index (χ2n) is 12.0. The van der Waals surface area contributed by atoms with Crippen LogP contribution >= 0.6 is 11.8 Å². The van der Waals surface area contributed by atoms with E-state index >= 15 is 4.79 Å². The van der Waals surface area contributed by atoms with Gasteiger partial charge in [0.1, 0.15) is 6.04 Å². The van der Waals surface area contributed by atoms with Crippen LogP contribution in [-0.2, 0) is 25.5 Å². The van der Waals surface area contributed by atoms with Crippen LogP contribution in [0.3, 0.4) is 0 Å². The Labute approximate surface area is 265 Å². The van der Waals surface area contributed by atoms with E-state index in [4.69, 9.17) is 4.74 Å². The van der Waals surface area contributed by atoms with E-state index in [2.05, 4.69) is 32.3 Å². The molecule has 3 fully saturated rings. The van der Waals surface area contributed by atoms with E-state index in [1.165, 1.54) is 0 Å². The number of aliphatic hydroxyl groups excluding tert-OH is 1. The van der Waals surface area contributed by atoms with Crippen molar-refractivity contribution in [2.24, 2.45) is 17.8 Å². The van der Waals surface area contributed by atoms with Gasteiger partial charge in [-0.25, -0.2) is 0 Å². The zero-order valence-electron chi connectivity index (χ0n) is 26.2. The molecule has 44 heavy (non-hydrogen) atoms. The summed E-state index contributed by atoms with van der Waals surface area (Å²) in [5.41, 5.74) is 2.75. The first kappa shape index (κ1) is 32.1. The molecule has 2 amide bonds. The second kappa shape index (κ2) is 13.4. The predicted molar refractivity (Wildman–Crippen MR) is 176 cm³/mol. The number of fused-ring (bicyclic) bond motifs is 1. The van der Waals surface area contributed by atoms with Crippen LogP contribution in [0.2, 0.25) is 0 Å². The van der Waals surface area contributed by atoms with Crippen molar-refractivity contribution < 1.29 is 24.2 Å². The molecule has 3 unspecified atom stereocenters. The number of aliphatic hydroxyl groups is 1. The first-order valence-electron chi connectivity index (χ1n) is 15.9. The molecule has 2 aromatic rings. The summed E-state index contributed by atoms with van der Waals surface area (Å²) in [6.45, 7) is 14.0. The van der Waals surface area contributed by atoms with Crippen molar-refractivity contribution >= 4 is 40.9 Å². The lowest BCUT2D eigenvalue weighted by atomic mass is 9.66. The van der Waals surface area contributed by atoms with Crippen LogP contribution in [-0.4, -0.2) is 82.7 Å². The van der Waals surface area contributed by atoms with Gasteiger partial charge < -0.3 is 24.5 Å². The third kappa shape index (κ3) is 5.32. The molecule has 1 spiro atoms. The quantitative estimate of drug-likeness (QED) is 0.260. The summed E-state index contributed by atoms with van der Waals surface area (Å²) in [5, 5.41) is 10.7. The number of carbonyl (C=O) groups excluding carboxylic acids is 3. The van der Waals surface area contributed by atoms with Gasteiger partial charge in [0.05, 0.1) is 35.8 Å². The summed E-state index contributed by atoms with van der Waals surface area (Å²) in [7, 11) is 0. The number of benzene rings is 2. The highest BCUT2D eigenvalue weighted by Crippen LogP contribution is 2.69. The highest BCUT2D eigenvalue weighted by Gasteiger charge is 2.77. The molecule has 3 heterocycles. The van der Waals surface area contributed by atoms with Crippen LogP contribution in [0.1, 0.15) is 39.7 Å². The van der Waals surface area contributed by atoms with Gasteiger partial charge in [-0.05, 0) is 69.4 Å². The molecule has 9 heteroatoms. The third-order valence-corrected chi connectivity index (χ3v) is 11.8. The highest BCUT2D eigenvalue weighted by molar-refractivity contribution is 8.02. The molecule has 236 valence electrons. The van der Waals surface area contributed by atoms with E-state index < -0.39 is 28.7 Å². The maximum absolute atomic E-state index is 15.0. The Balaban J connectivity index is 1.60. The number of thioether (sulfide) groups is 1. The molecule has 0 aliphatic carbocycles. The minimum atomic E-state index is -0.868. The summed E-state index contributed by atoms with van der Waals surface area (Å²) >= 11 is 1.62. The van der Waals surface area contributed by atoms with E-state index in [-0.39, 0.29) is 48.7 Å². The molecule has 2 aromatic carbocycles. The molecule has 3 aliphatic heterocycles. The van der Waals surface area contributed by atoms with Crippen molar-refractivity contribution in [3.63, 3.8) is 0 Å². The summed E-state index contributed by atoms with van der Waals surface area (Å²) in [4.78, 5) is 48.6. The molecule has 3 aliphatic rings. The predicted octanol–water partition coefficient (Wildman–Crippen LogP) is 4.56. The van der Waals surface area contributed by atoms with Crippen LogP contribution in [0.4, 0.5) is 11.4 Å². The summed E-state index contributed by atoms with van der Waals surface area (Å²) in [6.07, 6.45) is 2.81. The fourth-order valence-electron chi connectivity index (χ4n) is 7.81. The van der Waals surface area contributed by atoms with Crippen molar-refractivity contribution in [1.29, 1.82) is 0 Å². The molecule has 8 nitrogen and oxygen atoms in total. The number of ether oxygens (including phenoxy) is 1. The van der Waals surface area contributed by atoms with E-state index in [0.29, 0.717) is 12.1 Å². The van der Waals surface area contributed by atoms with E-state index in [1.54, 1.807) is 34.6 Å². The Hall–Kier alpha value is -3.30. The van der Waals surface area contributed by atoms with E-state index in [0.717, 1.165) is 30.8 Å². The maximum atomic E-state index is 15.0. The van der Waals surface area contributed by atoms with Gasteiger partial charge in [0.15, 0.2) is 0 Å². The number of likely N-dealkylation sites (tertiary alicyclic amines) is 1. The second-order valence-corrected chi connectivity index (χ2v) is 13.6. The first-order chi connectivity index (χ1) is 21.3. The van der Waals surface area contributed by atoms with Crippen LogP contribution in [0.5, 0.6) is 0 Å². The maximum Gasteiger partial charge on any atom is 0.310 e. The van der Waals surface area contributed by atoms with Crippen molar-refractivity contribution in [2.75, 3.05) is 42.6 Å². The fraction of sp³-hybridized carbons (Fsp3) is 0.514. The lowest BCUT2D eigenvalue weighted by Crippen LogP contribution is -2.59. The van der Waals surface area contributed by atoms with E-state index in [9.17, 15) is 14.7 Å². The van der Waals surface area contributed by atoms with Crippen LogP contribution in [0.15, 0.2) is 67.3 Å². The van der Waals surface area contributed by atoms with Gasteiger partial charge >= 0.3 is 5.97 Å². The van der Waals surface area contributed by atoms with Crippen LogP contribution in [0.25, 0.3) is 0 Å². The van der Waals surface area contributed by atoms with Crippen LogP contribution in [0, 0.1) is 17.8 Å². The molecule has 0 saturated carbocycles. The first-order valence-corrected chi connectivity index (χ1v) is 16.7. The van der Waals surface area contributed by atoms with Gasteiger partial charge in [-0.2, -0.15) is 0 Å². The molecule has 0 radical (unpaired) electrons. The van der Waals surface area contributed by atoms with Crippen LogP contribution < -0.4 is 9.80 Å². The number of hydrogen-bond donors (Lipinski definition) is 1. The average molecular weight is 620 g/mol. The molecule has 1 N–H and O–H groups in total. The molecule has 5 rings (SSSR count). The average Bonchev–Trinajstić information content (AvgIpc) is 3.63. The normalized spacial score (nSPS) is 27.6. The Morgan fingerprint density at radius 2 is 1.77 bits per heavy atom. The van der Waals surface area contributed by atoms with Gasteiger partial charge in [0.25, 0.3) is 5.91 Å². The topological polar surface area (TPSA) is 90.4 Å². The Bertz CT molecular complexity index is 1350. The number of rotatable bonds is 13. The summed E-state index contributed by atoms with van der Waals surface area (Å²) < 4.78 is 4.68. The number of esters is 1. The van der Waals surface area contributed by atoms with Gasteiger partial charge in [-0.3, -0.25) is 14.4 Å². The standard InChI is InChI=1S/C35H45N3O5S/c1-6-19-37(26-17-15-25(16-18-26)36(7-2)8-3)33(41)31-35-23(5)20-28(44-35)29(34(42)43-9-4)30(35)32(40)38(31)27(22-39)21-24-13-11-10-12-14-24/h6,10-18,23,27-31,39H,1,7-9,19-22H2,2-5H3/t23?,27-,28-,29+,30+,31?,35?/m1/s1. The molecular weight excluding hydrogens is 574 g/mol. The molecular formula is C35H45N3O5S. The van der Waals surface area contributed by atoms with Crippen molar-refractivity contribution in [3.05, 3.63) is 72.8 Å². The van der Waals surface area contributed by atoms with Gasteiger partial charge in [-0.15, -0.1) is 18.3 Å². The minimum absolute atomic E-state index is 0.00256. The lowest BCUT2D eigenvalue weighted by molar-refractivity contribution is -0.154. The third-order valence-electron chi connectivity index (χ3n) is 9.76. The Morgan fingerprint density at radius 3 is 2.36 bits per heavy atom. The number of carbonyl (C=O) groups is 3. The van der Waals surface area contributed by atoms with Crippen molar-refractivity contribution in [2.45, 2.75) is 62.6 Å². The molecule has 3 saturated heterocycles. The zero-order valence-corrected chi connectivity index (χ0v) is 27.0. The monoisotopic (exact) mass is 619 g/mol. The summed E-state index contributed by atoms with van der Waals surface area (Å²) in [6, 6.07) is 16.1. The largest absolute Gasteiger partial charge is 0.466 e. The van der Waals surface area contributed by atoms with Crippen molar-refractivity contribution in [3.8, 4) is 0 Å². The molecule has 7 atom stereocenters. The SMILES string of the molecule is C=CCN(C(=O)C1N([C@@H](CO)Cc2ccccc2)C(=O)[C@@H]2[C@@H](C(=O)OCC)[C@H]3CC(C)C12S3)c1ccc(N(CC)CC)cc1. The van der Waals surface area contributed by atoms with Gasteiger partial charge in [0.2, 0.25) is 5.91 Å². The number of hydrogen-bond acceptors (Lipinski definition) is 7. The van der Waals surface area contributed by atoms with Gasteiger partial charge in [0, 0.05) is 36.3 Å². The number of amides is 2. The number of anilines is 2. The van der Waals surface area contributed by atoms with E-state index in [1.807, 2.05) is 54.6 Å². The summed E-state index contributed by atoms with van der Waals surface area (Å²) in [5.74, 6) is -2.15. The minimum Gasteiger partial charge on any atom is -0.466 e. The van der Waals surface area contributed by atoms with Crippen molar-refractivity contribution in [1.82, 2.24) is 4.90 Å². The molecule has 2 bridgehead atoms. The lowest BCUT2D eigenvalue weighted by Gasteiger charge is -2.42. The van der Waals surface area contributed by atoms with Gasteiger partial charge in [-0.1, -0.05) is 43.3 Å².